The second-order valence-corrected chi connectivity index (χ2v) is 10.8. The van der Waals surface area contributed by atoms with Crippen molar-refractivity contribution < 1.29 is 28.6 Å². The number of fused-ring (bicyclic) bond motifs is 1. The molecule has 1 aliphatic carbocycles. The number of carbonyl (C=O) groups is 3. The van der Waals surface area contributed by atoms with Gasteiger partial charge >= 0.3 is 11.9 Å². The van der Waals surface area contributed by atoms with Crippen LogP contribution in [0.2, 0.25) is 0 Å². The quantitative estimate of drug-likeness (QED) is 0.356. The molecule has 0 aromatic rings. The third kappa shape index (κ3) is 3.20. The Balaban J connectivity index is 1.82. The van der Waals surface area contributed by atoms with Crippen molar-refractivity contribution in [1.82, 2.24) is 0 Å². The average Bonchev–Trinajstić information content (AvgIpc) is 2.92. The summed E-state index contributed by atoms with van der Waals surface area (Å²) in [6, 6.07) is 0. The van der Waals surface area contributed by atoms with E-state index in [-0.39, 0.29) is 35.4 Å². The number of Topliss-reactive ketones (excluding diaryl/α,β-unsaturated/α-hetero) is 1. The van der Waals surface area contributed by atoms with Gasteiger partial charge in [-0.1, -0.05) is 40.2 Å². The molecule has 0 aromatic heterocycles. The van der Waals surface area contributed by atoms with Gasteiger partial charge in [0.05, 0.1) is 19.1 Å². The van der Waals surface area contributed by atoms with Crippen LogP contribution in [0.25, 0.3) is 0 Å². The lowest BCUT2D eigenvalue weighted by Gasteiger charge is -2.51. The van der Waals surface area contributed by atoms with E-state index in [1.807, 2.05) is 6.92 Å². The van der Waals surface area contributed by atoms with E-state index in [1.54, 1.807) is 6.92 Å². The Morgan fingerprint density at radius 3 is 2.52 bits per heavy atom. The van der Waals surface area contributed by atoms with Crippen molar-refractivity contribution in [3.8, 4) is 0 Å². The van der Waals surface area contributed by atoms with Gasteiger partial charge in [-0.2, -0.15) is 0 Å². The van der Waals surface area contributed by atoms with Gasteiger partial charge < -0.3 is 14.2 Å². The molecule has 6 heteroatoms. The highest BCUT2D eigenvalue weighted by Gasteiger charge is 2.73. The zero-order chi connectivity index (χ0) is 22.7. The molecule has 172 valence electrons. The number of carbonyl (C=O) groups excluding carboxylic acids is 3. The maximum atomic E-state index is 13.5. The van der Waals surface area contributed by atoms with Crippen LogP contribution in [0, 0.1) is 35.0 Å². The molecular weight excluding hydrogens is 396 g/mol. The van der Waals surface area contributed by atoms with Crippen LogP contribution in [0.4, 0.5) is 0 Å². The first-order chi connectivity index (χ1) is 14.6. The number of esters is 2. The summed E-state index contributed by atoms with van der Waals surface area (Å²) in [6.45, 7) is 12.1. The Bertz CT molecular complexity index is 804. The molecule has 9 atom stereocenters. The highest BCUT2D eigenvalue weighted by molar-refractivity contribution is 6.14. The van der Waals surface area contributed by atoms with Crippen molar-refractivity contribution in [3.63, 3.8) is 0 Å². The summed E-state index contributed by atoms with van der Waals surface area (Å²) in [5, 5.41) is 0. The zero-order valence-electron chi connectivity index (χ0n) is 19.4. The van der Waals surface area contributed by atoms with Gasteiger partial charge in [-0.25, -0.2) is 0 Å². The fourth-order valence-electron chi connectivity index (χ4n) is 6.99. The molecule has 2 bridgehead atoms. The van der Waals surface area contributed by atoms with Gasteiger partial charge in [-0.15, -0.1) is 0 Å². The van der Waals surface area contributed by atoms with Crippen molar-refractivity contribution in [2.45, 2.75) is 84.0 Å². The SMILES string of the molecule is C=C1C(=O)[C@]2(C)C(=O)O[C@@]34C[C@H](C)[C@@H](C(=O)OC)C[C@@H]3CCC[C@@H](C)C[C@@H](C)[C@H]1O[C@H]24. The molecule has 0 aromatic carbocycles. The zero-order valence-corrected chi connectivity index (χ0v) is 19.4. The minimum Gasteiger partial charge on any atom is -0.469 e. The summed E-state index contributed by atoms with van der Waals surface area (Å²) < 4.78 is 17.9. The van der Waals surface area contributed by atoms with Crippen molar-refractivity contribution in [1.29, 1.82) is 0 Å². The minimum absolute atomic E-state index is 0.0393. The van der Waals surface area contributed by atoms with Crippen LogP contribution in [0.3, 0.4) is 0 Å². The van der Waals surface area contributed by atoms with Gasteiger partial charge in [0.15, 0.2) is 11.2 Å². The highest BCUT2D eigenvalue weighted by atomic mass is 16.6. The van der Waals surface area contributed by atoms with E-state index < -0.39 is 29.2 Å². The van der Waals surface area contributed by atoms with Gasteiger partial charge in [0.25, 0.3) is 0 Å². The Kier molecular flexibility index (Phi) is 5.60. The molecule has 0 unspecified atom stereocenters. The smallest absolute Gasteiger partial charge is 0.323 e. The molecule has 6 nitrogen and oxygen atoms in total. The lowest BCUT2D eigenvalue weighted by molar-refractivity contribution is -0.196. The lowest BCUT2D eigenvalue weighted by atomic mass is 9.58. The molecular formula is C25H36O6. The number of methoxy groups -OCH3 is 1. The molecule has 4 rings (SSSR count). The summed E-state index contributed by atoms with van der Waals surface area (Å²) in [5.74, 6) is -0.666. The van der Waals surface area contributed by atoms with Gasteiger partial charge in [-0.05, 0) is 50.4 Å². The van der Waals surface area contributed by atoms with Crippen LogP contribution in [-0.2, 0) is 28.6 Å². The summed E-state index contributed by atoms with van der Waals surface area (Å²) in [6.07, 6.45) is 3.84. The molecule has 4 fully saturated rings. The molecule has 31 heavy (non-hydrogen) atoms. The number of ether oxygens (including phenoxy) is 3. The standard InChI is InChI=1S/C25H36O6/c1-13-8-7-9-17-11-18(21(27)29-6)15(3)12-25(17)22-24(5,23(28)31-25)20(26)16(4)19(30-22)14(2)10-13/h13-15,17-19,22H,4,7-12H2,1-3,5-6H3/t13-,14-,15+,17+,18+,19-,22-,24+,25+/m1/s1. The van der Waals surface area contributed by atoms with Crippen LogP contribution in [0.1, 0.15) is 66.2 Å². The van der Waals surface area contributed by atoms with Crippen LogP contribution in [0.5, 0.6) is 0 Å². The van der Waals surface area contributed by atoms with Crippen LogP contribution < -0.4 is 0 Å². The van der Waals surface area contributed by atoms with E-state index in [0.717, 1.165) is 25.7 Å². The van der Waals surface area contributed by atoms with Gasteiger partial charge in [0, 0.05) is 11.5 Å². The van der Waals surface area contributed by atoms with Crippen molar-refractivity contribution in [2.75, 3.05) is 7.11 Å². The largest absolute Gasteiger partial charge is 0.469 e. The normalized spacial score (nSPS) is 47.8. The Labute approximate surface area is 185 Å². The Morgan fingerprint density at radius 1 is 1.13 bits per heavy atom. The van der Waals surface area contributed by atoms with Crippen molar-refractivity contribution in [2.24, 2.45) is 35.0 Å². The Morgan fingerprint density at radius 2 is 1.84 bits per heavy atom. The first-order valence-corrected chi connectivity index (χ1v) is 11.8. The molecule has 1 saturated carbocycles. The summed E-state index contributed by atoms with van der Waals surface area (Å²) >= 11 is 0. The van der Waals surface area contributed by atoms with E-state index in [4.69, 9.17) is 14.2 Å². The van der Waals surface area contributed by atoms with E-state index >= 15 is 0 Å². The van der Waals surface area contributed by atoms with Crippen molar-refractivity contribution in [3.05, 3.63) is 12.2 Å². The third-order valence-electron chi connectivity index (χ3n) is 8.67. The Hall–Kier alpha value is -1.69. The molecule has 0 radical (unpaired) electrons. The first-order valence-electron chi connectivity index (χ1n) is 11.8. The molecule has 3 heterocycles. The topological polar surface area (TPSA) is 78.9 Å². The van der Waals surface area contributed by atoms with Crippen LogP contribution in [0.15, 0.2) is 12.2 Å². The van der Waals surface area contributed by atoms with Crippen molar-refractivity contribution >= 4 is 17.7 Å². The lowest BCUT2D eigenvalue weighted by Crippen LogP contribution is -2.62. The van der Waals surface area contributed by atoms with E-state index in [9.17, 15) is 14.4 Å². The van der Waals surface area contributed by atoms with Gasteiger partial charge in [0.2, 0.25) is 0 Å². The van der Waals surface area contributed by atoms with E-state index in [1.165, 1.54) is 7.11 Å². The molecule has 4 aliphatic rings. The van der Waals surface area contributed by atoms with Crippen LogP contribution in [-0.4, -0.2) is 42.6 Å². The average molecular weight is 433 g/mol. The monoisotopic (exact) mass is 432 g/mol. The summed E-state index contributed by atoms with van der Waals surface area (Å²) in [5.41, 5.74) is -1.87. The van der Waals surface area contributed by atoms with Crippen LogP contribution >= 0.6 is 0 Å². The predicted octanol–water partition coefficient (Wildman–Crippen LogP) is 3.86. The number of hydrogen-bond acceptors (Lipinski definition) is 6. The maximum Gasteiger partial charge on any atom is 0.323 e. The number of ketones is 1. The number of rotatable bonds is 1. The highest BCUT2D eigenvalue weighted by Crippen LogP contribution is 2.59. The van der Waals surface area contributed by atoms with Gasteiger partial charge in [-0.3, -0.25) is 14.4 Å². The summed E-state index contributed by atoms with van der Waals surface area (Å²) in [7, 11) is 1.42. The second-order valence-electron chi connectivity index (χ2n) is 10.8. The number of hydrogen-bond donors (Lipinski definition) is 0. The second kappa shape index (κ2) is 7.72. The first kappa shape index (κ1) is 22.5. The molecule has 3 aliphatic heterocycles. The van der Waals surface area contributed by atoms with E-state index in [0.29, 0.717) is 24.3 Å². The van der Waals surface area contributed by atoms with Gasteiger partial charge in [0.1, 0.15) is 11.7 Å². The molecule has 1 spiro atoms. The predicted molar refractivity (Wildman–Crippen MR) is 114 cm³/mol. The maximum absolute atomic E-state index is 13.5. The fourth-order valence-corrected chi connectivity index (χ4v) is 6.99. The molecule has 0 amide bonds. The minimum atomic E-state index is -1.37. The molecule has 0 N–H and O–H groups in total. The third-order valence-corrected chi connectivity index (χ3v) is 8.67. The fraction of sp³-hybridized carbons (Fsp3) is 0.800. The van der Waals surface area contributed by atoms with E-state index in [2.05, 4.69) is 20.4 Å². The summed E-state index contributed by atoms with van der Waals surface area (Å²) in [4.78, 5) is 39.3. The molecule has 3 saturated heterocycles.